The molecule has 1 aliphatic rings. The Hall–Kier alpha value is -3.66. The third-order valence-electron chi connectivity index (χ3n) is 5.41. The van der Waals surface area contributed by atoms with Crippen molar-refractivity contribution in [3.63, 3.8) is 0 Å². The van der Waals surface area contributed by atoms with Crippen molar-refractivity contribution < 1.29 is 4.52 Å². The van der Waals surface area contributed by atoms with Crippen molar-refractivity contribution in [2.75, 3.05) is 5.73 Å². The second-order valence-corrected chi connectivity index (χ2v) is 7.07. The number of hydrogen-bond acceptors (Lipinski definition) is 9. The van der Waals surface area contributed by atoms with Gasteiger partial charge < -0.3 is 16.0 Å². The van der Waals surface area contributed by atoms with Gasteiger partial charge in [-0.1, -0.05) is 17.6 Å². The summed E-state index contributed by atoms with van der Waals surface area (Å²) >= 11 is 0. The molecule has 4 N–H and O–H groups in total. The molecule has 0 aromatic carbocycles. The summed E-state index contributed by atoms with van der Waals surface area (Å²) in [4.78, 5) is 17.3. The highest BCUT2D eigenvalue weighted by Crippen LogP contribution is 2.48. The summed E-state index contributed by atoms with van der Waals surface area (Å²) < 4.78 is 7.13. The quantitative estimate of drug-likeness (QED) is 0.521. The molecular weight excluding hydrogens is 370 g/mol. The highest BCUT2D eigenvalue weighted by Gasteiger charge is 2.45. The van der Waals surface area contributed by atoms with E-state index in [1.807, 2.05) is 12.3 Å². The molecule has 146 valence electrons. The minimum absolute atomic E-state index is 0.240. The minimum atomic E-state index is -0.283. The molecule has 1 fully saturated rings. The van der Waals surface area contributed by atoms with Crippen molar-refractivity contribution >= 4 is 5.95 Å². The van der Waals surface area contributed by atoms with Crippen LogP contribution in [0.2, 0.25) is 0 Å². The normalized spacial score (nSPS) is 15.2. The zero-order chi connectivity index (χ0) is 19.8. The lowest BCUT2D eigenvalue weighted by molar-refractivity contribution is 0.272. The first-order valence-corrected chi connectivity index (χ1v) is 9.29. The molecule has 0 atom stereocenters. The Morgan fingerprint density at radius 3 is 2.48 bits per heavy atom. The average molecular weight is 389 g/mol. The molecule has 0 spiro atoms. The summed E-state index contributed by atoms with van der Waals surface area (Å²) in [5.41, 5.74) is 14.3. The fourth-order valence-corrected chi connectivity index (χ4v) is 3.60. The third-order valence-corrected chi connectivity index (χ3v) is 5.41. The standard InChI is InChI=1S/C19H19N9O/c20-11-28-10-13(8-25-28)16-26-17(27-29-16)19(4-1-5-19)14-2-3-15(22-9-14)12-6-23-18(21)24-7-12/h2-3,6-10H,1,4-5,11,20H2,(H2,21,23,24). The highest BCUT2D eigenvalue weighted by atomic mass is 16.5. The minimum Gasteiger partial charge on any atom is -0.368 e. The van der Waals surface area contributed by atoms with Crippen LogP contribution < -0.4 is 11.5 Å². The molecule has 0 unspecified atom stereocenters. The fraction of sp³-hybridized carbons (Fsp3) is 0.263. The molecule has 10 heteroatoms. The van der Waals surface area contributed by atoms with Gasteiger partial charge in [-0.3, -0.25) is 9.67 Å². The topological polar surface area (TPSA) is 147 Å². The first-order chi connectivity index (χ1) is 14.2. The summed E-state index contributed by atoms with van der Waals surface area (Å²) in [6, 6.07) is 4.01. The summed E-state index contributed by atoms with van der Waals surface area (Å²) in [5.74, 6) is 1.35. The number of aromatic nitrogens is 7. The number of nitrogens with two attached hydrogens (primary N) is 2. The lowest BCUT2D eigenvalue weighted by Gasteiger charge is -2.39. The first-order valence-electron chi connectivity index (χ1n) is 9.29. The Morgan fingerprint density at radius 1 is 1.03 bits per heavy atom. The fourth-order valence-electron chi connectivity index (χ4n) is 3.60. The van der Waals surface area contributed by atoms with Gasteiger partial charge in [-0.05, 0) is 24.5 Å². The van der Waals surface area contributed by atoms with Crippen LogP contribution in [-0.2, 0) is 12.1 Å². The molecule has 0 radical (unpaired) electrons. The van der Waals surface area contributed by atoms with E-state index in [0.717, 1.165) is 41.6 Å². The van der Waals surface area contributed by atoms with Crippen LogP contribution in [0.25, 0.3) is 22.7 Å². The Morgan fingerprint density at radius 2 is 1.86 bits per heavy atom. The van der Waals surface area contributed by atoms with E-state index in [-0.39, 0.29) is 11.4 Å². The molecule has 0 aliphatic heterocycles. The van der Waals surface area contributed by atoms with Crippen LogP contribution >= 0.6 is 0 Å². The molecule has 0 saturated heterocycles. The summed E-state index contributed by atoms with van der Waals surface area (Å²) in [6.07, 6.45) is 11.6. The van der Waals surface area contributed by atoms with Gasteiger partial charge in [0.15, 0.2) is 5.82 Å². The van der Waals surface area contributed by atoms with E-state index in [9.17, 15) is 0 Å². The van der Waals surface area contributed by atoms with Crippen LogP contribution in [0.4, 0.5) is 5.95 Å². The van der Waals surface area contributed by atoms with E-state index in [1.54, 1.807) is 29.5 Å². The van der Waals surface area contributed by atoms with Crippen LogP contribution in [0.1, 0.15) is 30.7 Å². The van der Waals surface area contributed by atoms with E-state index in [2.05, 4.69) is 36.3 Å². The molecular formula is C19H19N9O. The lowest BCUT2D eigenvalue weighted by atomic mass is 9.64. The zero-order valence-electron chi connectivity index (χ0n) is 15.6. The molecule has 0 bridgehead atoms. The molecule has 1 aliphatic carbocycles. The number of rotatable bonds is 5. The second-order valence-electron chi connectivity index (χ2n) is 7.07. The number of anilines is 1. The average Bonchev–Trinajstić information content (AvgIpc) is 3.38. The van der Waals surface area contributed by atoms with Gasteiger partial charge in [0.2, 0.25) is 5.95 Å². The van der Waals surface area contributed by atoms with Crippen molar-refractivity contribution in [3.8, 4) is 22.7 Å². The third kappa shape index (κ3) is 2.93. The predicted molar refractivity (Wildman–Crippen MR) is 104 cm³/mol. The zero-order valence-corrected chi connectivity index (χ0v) is 15.6. The maximum Gasteiger partial charge on any atom is 0.261 e. The van der Waals surface area contributed by atoms with Crippen LogP contribution in [0.15, 0.2) is 47.6 Å². The van der Waals surface area contributed by atoms with Crippen molar-refractivity contribution in [2.24, 2.45) is 5.73 Å². The number of pyridine rings is 1. The first kappa shape index (κ1) is 17.4. The number of nitrogen functional groups attached to an aromatic ring is 1. The van der Waals surface area contributed by atoms with Crippen LogP contribution in [-0.4, -0.2) is 34.9 Å². The van der Waals surface area contributed by atoms with Crippen LogP contribution in [0, 0.1) is 0 Å². The largest absolute Gasteiger partial charge is 0.368 e. The van der Waals surface area contributed by atoms with Gasteiger partial charge in [0.1, 0.15) is 0 Å². The van der Waals surface area contributed by atoms with E-state index < -0.39 is 0 Å². The maximum atomic E-state index is 5.60. The molecule has 4 aromatic heterocycles. The summed E-state index contributed by atoms with van der Waals surface area (Å²) in [6.45, 7) is 0.294. The van der Waals surface area contributed by atoms with Gasteiger partial charge in [-0.25, -0.2) is 9.97 Å². The van der Waals surface area contributed by atoms with E-state index >= 15 is 0 Å². The molecule has 4 heterocycles. The van der Waals surface area contributed by atoms with E-state index in [4.69, 9.17) is 16.0 Å². The van der Waals surface area contributed by atoms with Crippen molar-refractivity contribution in [1.29, 1.82) is 0 Å². The van der Waals surface area contributed by atoms with Gasteiger partial charge in [0, 0.05) is 30.4 Å². The molecule has 4 aromatic rings. The monoisotopic (exact) mass is 389 g/mol. The highest BCUT2D eigenvalue weighted by molar-refractivity contribution is 5.58. The Labute approximate surface area is 166 Å². The summed E-state index contributed by atoms with van der Waals surface area (Å²) in [5, 5.41) is 8.43. The Balaban J connectivity index is 1.45. The van der Waals surface area contributed by atoms with Crippen LogP contribution in [0.5, 0.6) is 0 Å². The second kappa shape index (κ2) is 6.74. The van der Waals surface area contributed by atoms with Gasteiger partial charge in [0.05, 0.1) is 29.5 Å². The maximum absolute atomic E-state index is 5.60. The Kier molecular flexibility index (Phi) is 4.06. The number of nitrogens with zero attached hydrogens (tertiary/aromatic N) is 7. The van der Waals surface area contributed by atoms with Gasteiger partial charge in [-0.2, -0.15) is 10.1 Å². The van der Waals surface area contributed by atoms with Crippen molar-refractivity contribution in [3.05, 3.63) is 54.5 Å². The van der Waals surface area contributed by atoms with E-state index in [0.29, 0.717) is 18.4 Å². The lowest BCUT2D eigenvalue weighted by Crippen LogP contribution is -2.36. The SMILES string of the molecule is NCn1cc(-c2nc(C3(c4ccc(-c5cnc(N)nc5)nc4)CCC3)no2)cn1. The molecule has 5 rings (SSSR count). The number of hydrogen-bond donors (Lipinski definition) is 2. The summed E-state index contributed by atoms with van der Waals surface area (Å²) in [7, 11) is 0. The molecule has 29 heavy (non-hydrogen) atoms. The van der Waals surface area contributed by atoms with Gasteiger partial charge >= 0.3 is 0 Å². The van der Waals surface area contributed by atoms with Crippen molar-refractivity contribution in [2.45, 2.75) is 31.3 Å². The van der Waals surface area contributed by atoms with Gasteiger partial charge in [0.25, 0.3) is 5.89 Å². The smallest absolute Gasteiger partial charge is 0.261 e. The van der Waals surface area contributed by atoms with Crippen molar-refractivity contribution in [1.82, 2.24) is 34.9 Å². The molecule has 0 amide bonds. The van der Waals surface area contributed by atoms with E-state index in [1.165, 1.54) is 0 Å². The molecule has 10 nitrogen and oxygen atoms in total. The van der Waals surface area contributed by atoms with Gasteiger partial charge in [-0.15, -0.1) is 0 Å². The predicted octanol–water partition coefficient (Wildman–Crippen LogP) is 1.75. The Bertz CT molecular complexity index is 1130. The van der Waals surface area contributed by atoms with Crippen LogP contribution in [0.3, 0.4) is 0 Å². The molecule has 1 saturated carbocycles.